The average Bonchev–Trinajstić information content (AvgIpc) is 3.32. The Morgan fingerprint density at radius 1 is 1.29 bits per heavy atom. The molecule has 0 aliphatic carbocycles. The largest absolute Gasteiger partial charge is 0.491 e. The Labute approximate surface area is 201 Å². The summed E-state index contributed by atoms with van der Waals surface area (Å²) < 4.78 is 38.4. The van der Waals surface area contributed by atoms with E-state index in [-0.39, 0.29) is 29.5 Å². The molecule has 0 radical (unpaired) electrons. The molecule has 0 bridgehead atoms. The van der Waals surface area contributed by atoms with Crippen LogP contribution in [0.25, 0.3) is 10.9 Å². The highest BCUT2D eigenvalue weighted by atomic mass is 32.2. The lowest BCUT2D eigenvalue weighted by atomic mass is 10.2. The number of methoxy groups -OCH3 is 1. The highest BCUT2D eigenvalue weighted by molar-refractivity contribution is 7.89. The first kappa shape index (κ1) is 24.3. The van der Waals surface area contributed by atoms with Crippen LogP contribution in [0.4, 0.5) is 11.8 Å². The standard InChI is InChI=1S/C21H26N8O5S/c1-28(2)35(31,32)10-4-9-34-15-6-5-14-16(17(15)33-3)26-21(29-8-7-23-18(14)29)27-19(30)13-11-24-20(22)25-12-13/h5-6,11-12,23H,4,7-10H2,1-3H3,(H2,22,24,25). The minimum atomic E-state index is -3.31. The Kier molecular flexibility index (Phi) is 6.84. The molecular formula is C21H26N8O5S. The number of hydrogen-bond donors (Lipinski definition) is 2. The number of nitrogens with zero attached hydrogens (tertiary/aromatic N) is 6. The third kappa shape index (κ3) is 5.02. The highest BCUT2D eigenvalue weighted by Gasteiger charge is 2.21. The summed E-state index contributed by atoms with van der Waals surface area (Å²) in [6.07, 6.45) is 2.91. The van der Waals surface area contributed by atoms with Crippen LogP contribution in [0.3, 0.4) is 0 Å². The van der Waals surface area contributed by atoms with Crippen molar-refractivity contribution in [3.63, 3.8) is 0 Å². The van der Waals surface area contributed by atoms with Crippen LogP contribution in [-0.4, -0.2) is 78.3 Å². The molecule has 0 saturated carbocycles. The zero-order valence-electron chi connectivity index (χ0n) is 19.6. The van der Waals surface area contributed by atoms with Gasteiger partial charge >= 0.3 is 0 Å². The second kappa shape index (κ2) is 9.84. The minimum Gasteiger partial charge on any atom is -0.491 e. The van der Waals surface area contributed by atoms with Crippen LogP contribution < -0.4 is 26.1 Å². The van der Waals surface area contributed by atoms with Crippen molar-refractivity contribution >= 4 is 38.6 Å². The van der Waals surface area contributed by atoms with E-state index in [4.69, 9.17) is 15.2 Å². The lowest BCUT2D eigenvalue weighted by molar-refractivity contribution is 0.0996. The van der Waals surface area contributed by atoms with Crippen molar-refractivity contribution in [3.8, 4) is 11.5 Å². The summed E-state index contributed by atoms with van der Waals surface area (Å²) in [5, 5.41) is 4.06. The molecular weight excluding hydrogens is 476 g/mol. The number of nitrogens with two attached hydrogens (primary N) is 1. The molecule has 1 amide bonds. The predicted octanol–water partition coefficient (Wildman–Crippen LogP) is 0.244. The molecule has 3 heterocycles. The van der Waals surface area contributed by atoms with Gasteiger partial charge in [-0.1, -0.05) is 0 Å². The van der Waals surface area contributed by atoms with Crippen LogP contribution >= 0.6 is 0 Å². The van der Waals surface area contributed by atoms with Gasteiger partial charge < -0.3 is 20.5 Å². The van der Waals surface area contributed by atoms with E-state index in [2.05, 4.69) is 25.3 Å². The van der Waals surface area contributed by atoms with Gasteiger partial charge in [-0.2, -0.15) is 4.99 Å². The van der Waals surface area contributed by atoms with Gasteiger partial charge in [0.15, 0.2) is 11.5 Å². The van der Waals surface area contributed by atoms with Crippen molar-refractivity contribution < 1.29 is 22.7 Å². The number of rotatable bonds is 8. The molecule has 186 valence electrons. The first-order chi connectivity index (χ1) is 16.7. The molecule has 0 saturated heterocycles. The van der Waals surface area contributed by atoms with Gasteiger partial charge in [-0.15, -0.1) is 0 Å². The maximum atomic E-state index is 12.7. The number of hydrogen-bond acceptors (Lipinski definition) is 10. The van der Waals surface area contributed by atoms with Crippen molar-refractivity contribution in [2.75, 3.05) is 51.2 Å². The van der Waals surface area contributed by atoms with E-state index in [1.54, 1.807) is 6.07 Å². The fourth-order valence-corrected chi connectivity index (χ4v) is 4.40. The molecule has 2 aromatic heterocycles. The van der Waals surface area contributed by atoms with Gasteiger partial charge in [0, 0.05) is 45.0 Å². The maximum absolute atomic E-state index is 12.7. The molecule has 1 aromatic carbocycles. The summed E-state index contributed by atoms with van der Waals surface area (Å²) in [5.41, 5.74) is 6.31. The van der Waals surface area contributed by atoms with E-state index in [0.29, 0.717) is 36.5 Å². The Morgan fingerprint density at radius 2 is 2.03 bits per heavy atom. The van der Waals surface area contributed by atoms with Gasteiger partial charge in [-0.3, -0.25) is 9.36 Å². The summed E-state index contributed by atoms with van der Waals surface area (Å²) in [4.78, 5) is 29.2. The molecule has 0 unspecified atom stereocenters. The smallest absolute Gasteiger partial charge is 0.283 e. The quantitative estimate of drug-likeness (QED) is 0.407. The van der Waals surface area contributed by atoms with E-state index in [9.17, 15) is 13.2 Å². The summed E-state index contributed by atoms with van der Waals surface area (Å²) in [5.74, 6) is 0.962. The molecule has 1 aliphatic rings. The number of benzene rings is 1. The number of anilines is 2. The first-order valence-electron chi connectivity index (χ1n) is 10.8. The Balaban J connectivity index is 1.70. The average molecular weight is 503 g/mol. The van der Waals surface area contributed by atoms with Crippen molar-refractivity contribution in [1.29, 1.82) is 0 Å². The van der Waals surface area contributed by atoms with Crippen LogP contribution in [0.1, 0.15) is 16.8 Å². The SMILES string of the molecule is COc1c(OCCCS(=O)(=O)N(C)C)ccc2c3n(c(=NC(=O)c4cnc(N)nc4)nc12)CCN3. The van der Waals surface area contributed by atoms with Crippen molar-refractivity contribution in [2.24, 2.45) is 4.99 Å². The molecule has 0 spiro atoms. The van der Waals surface area contributed by atoms with E-state index in [1.165, 1.54) is 37.9 Å². The zero-order valence-corrected chi connectivity index (χ0v) is 20.4. The second-order valence-corrected chi connectivity index (χ2v) is 10.2. The molecule has 3 N–H and O–H groups in total. The van der Waals surface area contributed by atoms with Crippen LogP contribution in [-0.2, 0) is 16.6 Å². The Bertz CT molecular complexity index is 1430. The summed E-state index contributed by atoms with van der Waals surface area (Å²) >= 11 is 0. The number of amides is 1. The number of nitrogens with one attached hydrogen (secondary N) is 1. The number of aromatic nitrogens is 4. The number of fused-ring (bicyclic) bond motifs is 3. The zero-order chi connectivity index (χ0) is 25.2. The van der Waals surface area contributed by atoms with Gasteiger partial charge in [0.1, 0.15) is 11.3 Å². The Morgan fingerprint density at radius 3 is 2.71 bits per heavy atom. The lowest BCUT2D eigenvalue weighted by Crippen LogP contribution is -2.26. The fourth-order valence-electron chi connectivity index (χ4n) is 3.56. The van der Waals surface area contributed by atoms with Crippen LogP contribution in [0.5, 0.6) is 11.5 Å². The van der Waals surface area contributed by atoms with Crippen LogP contribution in [0, 0.1) is 0 Å². The van der Waals surface area contributed by atoms with Crippen molar-refractivity contribution in [3.05, 3.63) is 35.7 Å². The normalized spacial score (nSPS) is 13.7. The molecule has 14 heteroatoms. The van der Waals surface area contributed by atoms with Crippen LogP contribution in [0.15, 0.2) is 29.5 Å². The number of ether oxygens (including phenoxy) is 2. The number of nitrogen functional groups attached to an aromatic ring is 1. The molecule has 13 nitrogen and oxygen atoms in total. The number of carbonyl (C=O) groups is 1. The van der Waals surface area contributed by atoms with E-state index >= 15 is 0 Å². The first-order valence-corrected chi connectivity index (χ1v) is 12.4. The molecule has 1 aliphatic heterocycles. The highest BCUT2D eigenvalue weighted by Crippen LogP contribution is 2.37. The topological polar surface area (TPSA) is 167 Å². The maximum Gasteiger partial charge on any atom is 0.283 e. The van der Waals surface area contributed by atoms with Gasteiger partial charge in [0.2, 0.25) is 21.6 Å². The van der Waals surface area contributed by atoms with Crippen molar-refractivity contribution in [2.45, 2.75) is 13.0 Å². The van der Waals surface area contributed by atoms with Gasteiger partial charge in [-0.05, 0) is 18.6 Å². The number of carbonyl (C=O) groups excluding carboxylic acids is 1. The lowest BCUT2D eigenvalue weighted by Gasteiger charge is -2.15. The Hall–Kier alpha value is -3.78. The predicted molar refractivity (Wildman–Crippen MR) is 129 cm³/mol. The molecule has 4 rings (SSSR count). The second-order valence-electron chi connectivity index (χ2n) is 7.88. The molecule has 3 aromatic rings. The van der Waals surface area contributed by atoms with Gasteiger partial charge in [0.05, 0.1) is 25.0 Å². The summed E-state index contributed by atoms with van der Waals surface area (Å²) in [6.45, 7) is 1.38. The van der Waals surface area contributed by atoms with E-state index in [1.807, 2.05) is 10.6 Å². The third-order valence-electron chi connectivity index (χ3n) is 5.39. The van der Waals surface area contributed by atoms with E-state index in [0.717, 1.165) is 11.2 Å². The molecule has 0 atom stereocenters. The van der Waals surface area contributed by atoms with Crippen molar-refractivity contribution in [1.82, 2.24) is 23.8 Å². The number of sulfonamides is 1. The summed E-state index contributed by atoms with van der Waals surface area (Å²) in [7, 11) is 1.16. The van der Waals surface area contributed by atoms with E-state index < -0.39 is 15.9 Å². The fraction of sp³-hybridized carbons (Fsp3) is 0.381. The monoisotopic (exact) mass is 502 g/mol. The summed E-state index contributed by atoms with van der Waals surface area (Å²) in [6, 6.07) is 3.58. The minimum absolute atomic E-state index is 0.0395. The van der Waals surface area contributed by atoms with Gasteiger partial charge in [0.25, 0.3) is 5.91 Å². The molecule has 35 heavy (non-hydrogen) atoms. The third-order valence-corrected chi connectivity index (χ3v) is 7.30. The van der Waals surface area contributed by atoms with Crippen LogP contribution in [0.2, 0.25) is 0 Å². The van der Waals surface area contributed by atoms with Gasteiger partial charge in [-0.25, -0.2) is 27.7 Å². The molecule has 0 fully saturated rings.